The Morgan fingerprint density at radius 3 is 0.881 bits per heavy atom. The van der Waals surface area contributed by atoms with Gasteiger partial charge in [-0.05, 0) is 66.1 Å². The van der Waals surface area contributed by atoms with Crippen molar-refractivity contribution in [2.24, 2.45) is 17.2 Å². The molecule has 7 N–H and O–H groups in total. The molecule has 364 valence electrons. The lowest BCUT2D eigenvalue weighted by Crippen LogP contribution is -2.46. The summed E-state index contributed by atoms with van der Waals surface area (Å²) in [5.41, 5.74) is 16.5. The minimum Gasteiger partial charge on any atom is -0.377 e. The van der Waals surface area contributed by atoms with E-state index in [0.29, 0.717) is 45.3 Å². The van der Waals surface area contributed by atoms with E-state index in [1.54, 1.807) is 64.0 Å². The van der Waals surface area contributed by atoms with E-state index < -0.39 is 44.0 Å². The molecule has 0 aliphatic heterocycles. The summed E-state index contributed by atoms with van der Waals surface area (Å²) in [7, 11) is 7.30. The van der Waals surface area contributed by atoms with Crippen LogP contribution in [-0.2, 0) is 66.4 Å². The van der Waals surface area contributed by atoms with E-state index in [1.807, 2.05) is 20.8 Å². The summed E-state index contributed by atoms with van der Waals surface area (Å²) < 4.78 is 78.7. The van der Waals surface area contributed by atoms with Crippen LogP contribution in [0.4, 0.5) is 0 Å². The van der Waals surface area contributed by atoms with Crippen LogP contribution in [0.3, 0.4) is 0 Å². The monoisotopic (exact) mass is 990 g/mol. The lowest BCUT2D eigenvalue weighted by Gasteiger charge is -2.28. The number of nitrogens with two attached hydrogens (primary N) is 3. The van der Waals surface area contributed by atoms with Crippen LogP contribution in [0.5, 0.6) is 0 Å². The van der Waals surface area contributed by atoms with Gasteiger partial charge in [0.05, 0.1) is 5.50 Å². The normalized spacial score (nSPS) is 12.0. The van der Waals surface area contributed by atoms with Crippen molar-refractivity contribution >= 4 is 67.2 Å². The predicted molar refractivity (Wildman–Crippen MR) is 247 cm³/mol. The fourth-order valence-electron chi connectivity index (χ4n) is 4.66. The van der Waals surface area contributed by atoms with Crippen molar-refractivity contribution < 1.29 is 66.4 Å². The Hall–Kier alpha value is 0.904. The standard InChI is InChI=1S/C9H23NO3Si.C8H22N2O3Si.C6H15ClO3Si.C6H17NO3Si.C4H11ClO3Si/c1-4-11-14(12-5-2,13-6-3)9-7-8-10;1-11-14(12-2,13-3)8-4-6-10-7-5-9;2*1-8-11(9-2,10-3)6-4-5-7;1-6-9(4-5,7-2)8-3/h4-10H2,1-3H3;10H,4-9H2,1-3H3;4-6H2,1-3H3;4-7H2,1-3H3;4H2,1-3H3. The second-order valence-electron chi connectivity index (χ2n) is 11.5. The van der Waals surface area contributed by atoms with Crippen molar-refractivity contribution in [3.8, 4) is 0 Å². The molecule has 0 unspecified atom stereocenters. The molecule has 0 rings (SSSR count). The molecule has 0 saturated carbocycles. The van der Waals surface area contributed by atoms with Gasteiger partial charge in [0, 0.05) is 148 Å². The molecular formula is C33H88Cl2N4O15Si5. The second kappa shape index (κ2) is 46.9. The molecule has 0 saturated heterocycles. The van der Waals surface area contributed by atoms with Gasteiger partial charge >= 0.3 is 44.0 Å². The first-order valence-corrected chi connectivity index (χ1v) is 30.4. The van der Waals surface area contributed by atoms with Crippen LogP contribution in [0.25, 0.3) is 0 Å². The number of nitrogens with one attached hydrogen (secondary N) is 1. The van der Waals surface area contributed by atoms with Gasteiger partial charge in [-0.1, -0.05) is 0 Å². The molecule has 0 fully saturated rings. The lowest BCUT2D eigenvalue weighted by atomic mass is 10.5. The number of hydrogen-bond acceptors (Lipinski definition) is 19. The van der Waals surface area contributed by atoms with Crippen LogP contribution in [0.15, 0.2) is 0 Å². The first-order chi connectivity index (χ1) is 28.2. The topological polar surface area (TPSA) is 229 Å². The smallest absolute Gasteiger partial charge is 0.377 e. The van der Waals surface area contributed by atoms with E-state index in [4.69, 9.17) is 107 Å². The van der Waals surface area contributed by atoms with Crippen molar-refractivity contribution in [2.45, 2.75) is 70.6 Å². The largest absolute Gasteiger partial charge is 0.515 e. The highest BCUT2D eigenvalue weighted by molar-refractivity contribution is 6.69. The Morgan fingerprint density at radius 1 is 0.373 bits per heavy atom. The van der Waals surface area contributed by atoms with Crippen LogP contribution in [-0.4, -0.2) is 193 Å². The van der Waals surface area contributed by atoms with E-state index in [1.165, 1.54) is 21.3 Å². The zero-order valence-corrected chi connectivity index (χ0v) is 45.9. The molecule has 0 bridgehead atoms. The highest BCUT2D eigenvalue weighted by Gasteiger charge is 2.40. The molecule has 0 radical (unpaired) electrons. The van der Waals surface area contributed by atoms with E-state index >= 15 is 0 Å². The zero-order chi connectivity index (χ0) is 46.5. The molecule has 0 aromatic heterocycles. The summed E-state index contributed by atoms with van der Waals surface area (Å²) in [4.78, 5) is 0. The average molecular weight is 992 g/mol. The van der Waals surface area contributed by atoms with Crippen molar-refractivity contribution in [3.63, 3.8) is 0 Å². The number of alkyl halides is 2. The van der Waals surface area contributed by atoms with Gasteiger partial charge in [-0.25, -0.2) is 0 Å². The third-order valence-electron chi connectivity index (χ3n) is 8.14. The van der Waals surface area contributed by atoms with Crippen LogP contribution in [0, 0.1) is 0 Å². The van der Waals surface area contributed by atoms with E-state index in [2.05, 4.69) is 5.32 Å². The molecule has 0 amide bonds. The highest BCUT2D eigenvalue weighted by Crippen LogP contribution is 2.18. The molecule has 0 atom stereocenters. The van der Waals surface area contributed by atoms with E-state index in [0.717, 1.165) is 62.9 Å². The summed E-state index contributed by atoms with van der Waals surface area (Å²) >= 11 is 11.0. The molecule has 0 heterocycles. The Bertz CT molecular complexity index is 759. The summed E-state index contributed by atoms with van der Waals surface area (Å²) in [6, 6.07) is 3.21. The maximum Gasteiger partial charge on any atom is 0.515 e. The molecule has 26 heteroatoms. The van der Waals surface area contributed by atoms with Gasteiger partial charge in [-0.2, -0.15) is 0 Å². The minimum absolute atomic E-state index is 0.288. The molecular weight excluding hydrogens is 904 g/mol. The van der Waals surface area contributed by atoms with Gasteiger partial charge in [0.1, 0.15) is 0 Å². The third-order valence-corrected chi connectivity index (χ3v) is 23.2. The van der Waals surface area contributed by atoms with Crippen molar-refractivity contribution in [1.82, 2.24) is 5.32 Å². The average Bonchev–Trinajstić information content (AvgIpc) is 3.28. The first kappa shape index (κ1) is 69.0. The summed E-state index contributed by atoms with van der Waals surface area (Å²) in [5, 5.41) is 3.21. The van der Waals surface area contributed by atoms with Crippen LogP contribution in [0.1, 0.15) is 46.5 Å². The number of rotatable bonds is 34. The SMILES string of the molecule is CCO[Si](CCCN)(OCC)OCC.CO[Si](CCCCl)(OC)OC.CO[Si](CCCN)(OC)OC.CO[Si](CCCNCCN)(OC)OC.CO[Si](CCl)(OC)OC. The fourth-order valence-corrected chi connectivity index (χ4v) is 14.7. The highest BCUT2D eigenvalue weighted by atomic mass is 35.5. The Labute approximate surface area is 374 Å². The Morgan fingerprint density at radius 2 is 0.661 bits per heavy atom. The summed E-state index contributed by atoms with van der Waals surface area (Å²) in [5.74, 6) is 0.616. The van der Waals surface area contributed by atoms with Crippen molar-refractivity contribution in [2.75, 3.05) is 149 Å². The Kier molecular flexibility index (Phi) is 54.8. The number of hydrogen-bond donors (Lipinski definition) is 4. The van der Waals surface area contributed by atoms with Crippen LogP contribution in [0.2, 0.25) is 24.2 Å². The lowest BCUT2D eigenvalue weighted by molar-refractivity contribution is 0.0709. The first-order valence-electron chi connectivity index (χ1n) is 19.7. The molecule has 0 aliphatic carbocycles. The van der Waals surface area contributed by atoms with Gasteiger partial charge in [0.15, 0.2) is 0 Å². The van der Waals surface area contributed by atoms with Gasteiger partial charge in [0.25, 0.3) is 0 Å². The molecule has 59 heavy (non-hydrogen) atoms. The van der Waals surface area contributed by atoms with Crippen LogP contribution >= 0.6 is 23.2 Å². The fraction of sp³-hybridized carbons (Fsp3) is 1.00. The molecule has 0 aliphatic rings. The molecule has 0 aromatic rings. The van der Waals surface area contributed by atoms with Gasteiger partial charge < -0.3 is 88.9 Å². The second-order valence-corrected chi connectivity index (χ2v) is 27.6. The van der Waals surface area contributed by atoms with E-state index in [9.17, 15) is 0 Å². The van der Waals surface area contributed by atoms with E-state index in [-0.39, 0.29) is 5.50 Å². The van der Waals surface area contributed by atoms with Gasteiger partial charge in [0.2, 0.25) is 0 Å². The Balaban J connectivity index is -0.000000208. The summed E-state index contributed by atoms with van der Waals surface area (Å²) in [6.45, 7) is 11.5. The predicted octanol–water partition coefficient (Wildman–Crippen LogP) is 3.54. The minimum atomic E-state index is -2.43. The van der Waals surface area contributed by atoms with Gasteiger partial charge in [-0.3, -0.25) is 0 Å². The van der Waals surface area contributed by atoms with Crippen LogP contribution < -0.4 is 22.5 Å². The van der Waals surface area contributed by atoms with Gasteiger partial charge in [-0.15, -0.1) is 23.2 Å². The zero-order valence-electron chi connectivity index (χ0n) is 39.3. The van der Waals surface area contributed by atoms with Crippen molar-refractivity contribution in [3.05, 3.63) is 0 Å². The summed E-state index contributed by atoms with van der Waals surface area (Å²) in [6.07, 6.45) is 3.61. The quantitative estimate of drug-likeness (QED) is 0.0411. The number of halogens is 2. The maximum atomic E-state index is 5.65. The third kappa shape index (κ3) is 34.0. The van der Waals surface area contributed by atoms with Crippen molar-refractivity contribution in [1.29, 1.82) is 0 Å². The maximum absolute atomic E-state index is 5.65. The molecule has 0 spiro atoms. The molecule has 0 aromatic carbocycles. The molecule has 19 nitrogen and oxygen atoms in total.